The number of carbonyl (C=O) groups excluding carboxylic acids is 2. The normalized spacial score (nSPS) is 12.8. The Balaban J connectivity index is 2.96. The molecule has 0 spiro atoms. The monoisotopic (exact) mass is 338 g/mol. The fourth-order valence-corrected chi connectivity index (χ4v) is 1.80. The van der Waals surface area contributed by atoms with Crippen molar-refractivity contribution in [2.45, 2.75) is 18.6 Å². The van der Waals surface area contributed by atoms with Crippen LogP contribution in [0.1, 0.15) is 18.0 Å². The third-order valence-corrected chi connectivity index (χ3v) is 2.68. The maximum absolute atomic E-state index is 12.2. The van der Waals surface area contributed by atoms with E-state index in [1.807, 2.05) is 0 Å². The molecule has 1 rings (SSSR count). The highest BCUT2D eigenvalue weighted by Crippen LogP contribution is 2.23. The lowest BCUT2D eigenvalue weighted by Crippen LogP contribution is -2.41. The first-order chi connectivity index (χ1) is 8.70. The highest BCUT2D eigenvalue weighted by atomic mass is 79.9. The molecule has 8 heteroatoms. The zero-order valence-corrected chi connectivity index (χ0v) is 10.9. The van der Waals surface area contributed by atoms with Gasteiger partial charge in [0, 0.05) is 16.9 Å². The lowest BCUT2D eigenvalue weighted by molar-refractivity contribution is -0.306. The van der Waals surface area contributed by atoms with Gasteiger partial charge in [-0.25, -0.2) is 0 Å². The van der Waals surface area contributed by atoms with E-state index in [2.05, 4.69) is 15.9 Å². The van der Waals surface area contributed by atoms with Crippen LogP contribution in [0.5, 0.6) is 0 Å². The lowest BCUT2D eigenvalue weighted by Gasteiger charge is -2.20. The minimum atomic E-state index is -5.07. The number of amides is 1. The number of carboxylic acids is 1. The molecular weight excluding hydrogens is 331 g/mol. The van der Waals surface area contributed by atoms with Gasteiger partial charge in [0.25, 0.3) is 0 Å². The van der Waals surface area contributed by atoms with E-state index in [1.165, 1.54) is 18.2 Å². The maximum atomic E-state index is 12.2. The van der Waals surface area contributed by atoms with Gasteiger partial charge in [-0.15, -0.1) is 0 Å². The van der Waals surface area contributed by atoms with E-state index in [0.717, 1.165) is 0 Å². The minimum absolute atomic E-state index is 0.233. The van der Waals surface area contributed by atoms with Gasteiger partial charge >= 0.3 is 12.1 Å². The second-order valence-electron chi connectivity index (χ2n) is 3.65. The van der Waals surface area contributed by atoms with Crippen molar-refractivity contribution in [2.24, 2.45) is 0 Å². The summed E-state index contributed by atoms with van der Waals surface area (Å²) in [7, 11) is 0. The summed E-state index contributed by atoms with van der Waals surface area (Å²) in [6, 6.07) is 4.66. The summed E-state index contributed by atoms with van der Waals surface area (Å²) in [5.41, 5.74) is 0.233. The maximum Gasteiger partial charge on any atom is 0.471 e. The molecule has 1 N–H and O–H groups in total. The van der Waals surface area contributed by atoms with Crippen LogP contribution in [0.2, 0.25) is 0 Å². The first-order valence-electron chi connectivity index (χ1n) is 5.03. The second kappa shape index (κ2) is 6.05. The van der Waals surface area contributed by atoms with Crippen molar-refractivity contribution < 1.29 is 27.9 Å². The number of carbonyl (C=O) groups is 2. The average Bonchev–Trinajstić information content (AvgIpc) is 2.26. The third-order valence-electron chi connectivity index (χ3n) is 2.18. The molecule has 0 aliphatic rings. The van der Waals surface area contributed by atoms with Crippen molar-refractivity contribution in [1.82, 2.24) is 5.32 Å². The van der Waals surface area contributed by atoms with Gasteiger partial charge in [0.05, 0.1) is 6.04 Å². The molecule has 0 aromatic heterocycles. The van der Waals surface area contributed by atoms with Gasteiger partial charge in [-0.3, -0.25) is 4.79 Å². The highest BCUT2D eigenvalue weighted by molar-refractivity contribution is 9.10. The molecule has 1 amide bonds. The van der Waals surface area contributed by atoms with Crippen LogP contribution in [0.4, 0.5) is 13.2 Å². The number of halogens is 4. The summed E-state index contributed by atoms with van der Waals surface area (Å²) in [4.78, 5) is 21.4. The Morgan fingerprint density at radius 1 is 1.37 bits per heavy atom. The van der Waals surface area contributed by atoms with Crippen molar-refractivity contribution in [3.05, 3.63) is 34.3 Å². The number of carboxylic acid groups (broad SMARTS) is 1. The molecule has 19 heavy (non-hydrogen) atoms. The molecule has 104 valence electrons. The van der Waals surface area contributed by atoms with Gasteiger partial charge in [0.15, 0.2) is 0 Å². The summed E-state index contributed by atoms with van der Waals surface area (Å²) in [5, 5.41) is 12.2. The van der Waals surface area contributed by atoms with E-state index in [1.54, 1.807) is 11.4 Å². The zero-order chi connectivity index (χ0) is 14.6. The Hall–Kier alpha value is -1.57. The number of alkyl halides is 3. The number of nitrogens with one attached hydrogen (secondary N) is 1. The van der Waals surface area contributed by atoms with Crippen LogP contribution < -0.4 is 10.4 Å². The second-order valence-corrected chi connectivity index (χ2v) is 4.57. The SMILES string of the molecule is O=C([O-])C[C@@H](NC(=O)C(F)(F)F)c1cccc(Br)c1. The van der Waals surface area contributed by atoms with Crippen molar-refractivity contribution in [3.63, 3.8) is 0 Å². The number of hydrogen-bond acceptors (Lipinski definition) is 3. The van der Waals surface area contributed by atoms with E-state index in [4.69, 9.17) is 0 Å². The summed E-state index contributed by atoms with van der Waals surface area (Å²) < 4.78 is 37.0. The van der Waals surface area contributed by atoms with Gasteiger partial charge in [0.1, 0.15) is 0 Å². The molecule has 4 nitrogen and oxygen atoms in total. The van der Waals surface area contributed by atoms with Crippen LogP contribution in [0.15, 0.2) is 28.7 Å². The van der Waals surface area contributed by atoms with Gasteiger partial charge < -0.3 is 15.2 Å². The molecular formula is C11H8BrF3NO3-. The van der Waals surface area contributed by atoms with Gasteiger partial charge in [-0.1, -0.05) is 28.1 Å². The van der Waals surface area contributed by atoms with Crippen molar-refractivity contribution >= 4 is 27.8 Å². The van der Waals surface area contributed by atoms with Crippen LogP contribution in [-0.4, -0.2) is 18.1 Å². The standard InChI is InChI=1S/C11H9BrF3NO3/c12-7-3-1-2-6(4-7)8(5-9(17)18)16-10(19)11(13,14)15/h1-4,8H,5H2,(H,16,19)(H,17,18)/p-1/t8-/m1/s1. The predicted octanol–water partition coefficient (Wildman–Crippen LogP) is 1.31. The summed E-state index contributed by atoms with van der Waals surface area (Å²) in [6.45, 7) is 0. The van der Waals surface area contributed by atoms with Crippen LogP contribution in [0.25, 0.3) is 0 Å². The van der Waals surface area contributed by atoms with Gasteiger partial charge in [0.2, 0.25) is 0 Å². The van der Waals surface area contributed by atoms with E-state index in [9.17, 15) is 27.9 Å². The fourth-order valence-electron chi connectivity index (χ4n) is 1.38. The molecule has 0 fully saturated rings. The van der Waals surface area contributed by atoms with Crippen LogP contribution in [0, 0.1) is 0 Å². The predicted molar refractivity (Wildman–Crippen MR) is 60.7 cm³/mol. The van der Waals surface area contributed by atoms with E-state index in [-0.39, 0.29) is 5.56 Å². The largest absolute Gasteiger partial charge is 0.550 e. The number of hydrogen-bond donors (Lipinski definition) is 1. The Kier molecular flexibility index (Phi) is 4.93. The lowest BCUT2D eigenvalue weighted by atomic mass is 10.0. The summed E-state index contributed by atoms with van der Waals surface area (Å²) in [5.74, 6) is -3.76. The molecule has 1 aromatic carbocycles. The Morgan fingerprint density at radius 2 is 2.00 bits per heavy atom. The van der Waals surface area contributed by atoms with Crippen LogP contribution in [0.3, 0.4) is 0 Å². The number of aliphatic carboxylic acids is 1. The molecule has 0 aliphatic heterocycles. The van der Waals surface area contributed by atoms with E-state index < -0.39 is 30.5 Å². The topological polar surface area (TPSA) is 69.2 Å². The molecule has 0 bridgehead atoms. The first-order valence-corrected chi connectivity index (χ1v) is 5.82. The third kappa shape index (κ3) is 4.90. The van der Waals surface area contributed by atoms with E-state index >= 15 is 0 Å². The number of rotatable bonds is 4. The molecule has 1 aromatic rings. The molecule has 0 saturated carbocycles. The Bertz CT molecular complexity index is 490. The van der Waals surface area contributed by atoms with Crippen molar-refractivity contribution in [2.75, 3.05) is 0 Å². The van der Waals surface area contributed by atoms with Crippen LogP contribution in [-0.2, 0) is 9.59 Å². The zero-order valence-electron chi connectivity index (χ0n) is 9.33. The number of benzene rings is 1. The molecule has 0 unspecified atom stereocenters. The molecule has 0 aliphatic carbocycles. The smallest absolute Gasteiger partial charge is 0.471 e. The quantitative estimate of drug-likeness (QED) is 0.899. The highest BCUT2D eigenvalue weighted by Gasteiger charge is 2.39. The fraction of sp³-hybridized carbons (Fsp3) is 0.273. The van der Waals surface area contributed by atoms with Gasteiger partial charge in [-0.2, -0.15) is 13.2 Å². The molecule has 1 atom stereocenters. The minimum Gasteiger partial charge on any atom is -0.550 e. The average molecular weight is 339 g/mol. The van der Waals surface area contributed by atoms with Crippen LogP contribution >= 0.6 is 15.9 Å². The first kappa shape index (κ1) is 15.5. The molecule has 0 heterocycles. The summed E-state index contributed by atoms with van der Waals surface area (Å²) in [6.07, 6.45) is -5.82. The Labute approximate surface area is 114 Å². The van der Waals surface area contributed by atoms with Crippen molar-refractivity contribution in [3.8, 4) is 0 Å². The molecule has 0 radical (unpaired) electrons. The Morgan fingerprint density at radius 3 is 2.47 bits per heavy atom. The summed E-state index contributed by atoms with van der Waals surface area (Å²) >= 11 is 3.10. The molecule has 0 saturated heterocycles. The van der Waals surface area contributed by atoms with Crippen molar-refractivity contribution in [1.29, 1.82) is 0 Å². The van der Waals surface area contributed by atoms with E-state index in [0.29, 0.717) is 4.47 Å². The van der Waals surface area contributed by atoms with Gasteiger partial charge in [-0.05, 0) is 17.7 Å².